The first-order valence-corrected chi connectivity index (χ1v) is 14.3. The van der Waals surface area contributed by atoms with Crippen LogP contribution in [0.5, 0.6) is 0 Å². The molecule has 2 bridgehead atoms. The second-order valence-corrected chi connectivity index (χ2v) is 13.1. The van der Waals surface area contributed by atoms with Crippen molar-refractivity contribution in [1.82, 2.24) is 23.8 Å². The number of rotatable bonds is 5. The van der Waals surface area contributed by atoms with Gasteiger partial charge in [0, 0.05) is 17.6 Å². The summed E-state index contributed by atoms with van der Waals surface area (Å²) >= 11 is 0. The van der Waals surface area contributed by atoms with Crippen LogP contribution in [0, 0.1) is 11.8 Å². The summed E-state index contributed by atoms with van der Waals surface area (Å²) in [7, 11) is -3.85. The maximum absolute atomic E-state index is 13.4. The Morgan fingerprint density at radius 3 is 2.55 bits per heavy atom. The number of carbonyl (C=O) groups excluding carboxylic acids is 1. The highest BCUT2D eigenvalue weighted by Gasteiger charge is 2.47. The van der Waals surface area contributed by atoms with E-state index in [1.807, 2.05) is 0 Å². The van der Waals surface area contributed by atoms with Crippen molar-refractivity contribution in [3.63, 3.8) is 0 Å². The minimum Gasteiger partial charge on any atom is -0.444 e. The number of fused-ring (bicyclic) bond motifs is 5. The molecule has 3 aromatic heterocycles. The molecule has 6 rings (SSSR count). The smallest absolute Gasteiger partial charge is 0.408 e. The Balaban J connectivity index is 1.47. The highest BCUT2D eigenvalue weighted by Crippen LogP contribution is 2.52. The van der Waals surface area contributed by atoms with Crippen LogP contribution in [0.3, 0.4) is 0 Å². The molecular weight excluding hydrogens is 506 g/mol. The first-order valence-electron chi connectivity index (χ1n) is 12.9. The number of ether oxygens (including phenoxy) is 1. The van der Waals surface area contributed by atoms with Crippen molar-refractivity contribution in [3.05, 3.63) is 54.6 Å². The number of benzene rings is 1. The summed E-state index contributed by atoms with van der Waals surface area (Å²) in [6, 6.07) is 10.1. The lowest BCUT2D eigenvalue weighted by atomic mass is 9.92. The summed E-state index contributed by atoms with van der Waals surface area (Å²) in [5.41, 5.74) is 1.09. The van der Waals surface area contributed by atoms with Crippen LogP contribution in [-0.4, -0.2) is 49.8 Å². The van der Waals surface area contributed by atoms with Crippen molar-refractivity contribution in [2.75, 3.05) is 0 Å². The number of aliphatic hydroxyl groups excluding tert-OH is 1. The molecule has 2 saturated carbocycles. The van der Waals surface area contributed by atoms with Gasteiger partial charge in [-0.1, -0.05) is 18.2 Å². The van der Waals surface area contributed by atoms with Crippen LogP contribution in [-0.2, 0) is 21.3 Å². The van der Waals surface area contributed by atoms with E-state index in [2.05, 4.69) is 14.9 Å². The van der Waals surface area contributed by atoms with E-state index in [1.165, 1.54) is 10.2 Å². The molecule has 1 aromatic carbocycles. The number of aromatic nitrogens is 4. The molecule has 4 atom stereocenters. The molecule has 2 fully saturated rings. The molecule has 0 aliphatic heterocycles. The zero-order valence-electron chi connectivity index (χ0n) is 21.5. The van der Waals surface area contributed by atoms with E-state index in [9.17, 15) is 18.3 Å². The van der Waals surface area contributed by atoms with Gasteiger partial charge in [0.05, 0.1) is 29.3 Å². The molecule has 1 amide bonds. The molecule has 4 unspecified atom stereocenters. The standard InChI is InChI=1S/C27H31N5O5S/c1-27(2,3)37-26(34)29-15-23-30-20-14-28-25-19(9-10-31(25)38(35,36)18-7-5-4-6-8-18)24(20)32(23)21-12-17-11-16(21)13-22(17)33/h4-10,14,16-17,21-22,33H,11-13,15H2,1-3H3,(H,29,34). The molecule has 200 valence electrons. The summed E-state index contributed by atoms with van der Waals surface area (Å²) in [6.45, 7) is 5.56. The maximum atomic E-state index is 13.4. The van der Waals surface area contributed by atoms with Crippen LogP contribution in [0.15, 0.2) is 53.7 Å². The third kappa shape index (κ3) is 4.14. The molecule has 2 aliphatic carbocycles. The zero-order valence-corrected chi connectivity index (χ0v) is 22.4. The molecule has 4 aromatic rings. The fraction of sp³-hybridized carbons (Fsp3) is 0.444. The second-order valence-electron chi connectivity index (χ2n) is 11.3. The van der Waals surface area contributed by atoms with Gasteiger partial charge in [0.25, 0.3) is 10.0 Å². The molecule has 2 N–H and O–H groups in total. The minimum atomic E-state index is -3.85. The Hall–Kier alpha value is -3.44. The minimum absolute atomic E-state index is 0.0727. The fourth-order valence-corrected chi connectivity index (χ4v) is 7.40. The number of hydrogen-bond acceptors (Lipinski definition) is 7. The number of amides is 1. The normalized spacial score (nSPS) is 23.4. The van der Waals surface area contributed by atoms with Crippen molar-refractivity contribution < 1.29 is 23.1 Å². The zero-order chi connectivity index (χ0) is 26.8. The second kappa shape index (κ2) is 8.81. The topological polar surface area (TPSA) is 128 Å². The molecule has 0 saturated heterocycles. The van der Waals surface area contributed by atoms with Gasteiger partial charge in [-0.15, -0.1) is 0 Å². The van der Waals surface area contributed by atoms with Crippen molar-refractivity contribution in [3.8, 4) is 0 Å². The molecule has 0 spiro atoms. The van der Waals surface area contributed by atoms with Gasteiger partial charge in [-0.2, -0.15) is 0 Å². The van der Waals surface area contributed by atoms with Gasteiger partial charge >= 0.3 is 6.09 Å². The first-order chi connectivity index (χ1) is 18.0. The van der Waals surface area contributed by atoms with E-state index in [0.717, 1.165) is 18.4 Å². The number of imidazole rings is 1. The van der Waals surface area contributed by atoms with Crippen molar-refractivity contribution in [2.24, 2.45) is 11.8 Å². The van der Waals surface area contributed by atoms with Gasteiger partial charge in [-0.25, -0.2) is 27.2 Å². The highest BCUT2D eigenvalue weighted by molar-refractivity contribution is 7.90. The molecular formula is C27H31N5O5S. The van der Waals surface area contributed by atoms with Crippen LogP contribution >= 0.6 is 0 Å². The van der Waals surface area contributed by atoms with E-state index in [0.29, 0.717) is 28.8 Å². The van der Waals surface area contributed by atoms with Gasteiger partial charge in [-0.3, -0.25) is 0 Å². The Labute approximate surface area is 220 Å². The molecule has 3 heterocycles. The number of aliphatic hydroxyl groups is 1. The van der Waals surface area contributed by atoms with Gasteiger partial charge in [-0.05, 0) is 70.1 Å². The van der Waals surface area contributed by atoms with Crippen molar-refractivity contribution in [1.29, 1.82) is 0 Å². The van der Waals surface area contributed by atoms with E-state index < -0.39 is 21.7 Å². The number of alkyl carbamates (subject to hydrolysis) is 1. The lowest BCUT2D eigenvalue weighted by Crippen LogP contribution is -2.33. The SMILES string of the molecule is CC(C)(C)OC(=O)NCc1nc2cnc3c(ccn3S(=O)(=O)c3ccccc3)c2n1C1CC2CC1CC2O. The van der Waals surface area contributed by atoms with Gasteiger partial charge < -0.3 is 19.7 Å². The van der Waals surface area contributed by atoms with E-state index in [1.54, 1.807) is 63.4 Å². The van der Waals surface area contributed by atoms with Gasteiger partial charge in [0.2, 0.25) is 0 Å². The molecule has 10 nitrogen and oxygen atoms in total. The Kier molecular flexibility index (Phi) is 5.76. The number of nitrogens with zero attached hydrogens (tertiary/aromatic N) is 4. The van der Waals surface area contributed by atoms with E-state index >= 15 is 0 Å². The van der Waals surface area contributed by atoms with Crippen molar-refractivity contribution >= 4 is 38.2 Å². The number of carbonyl (C=O) groups is 1. The van der Waals surface area contributed by atoms with Crippen LogP contribution in [0.1, 0.15) is 51.9 Å². The average molecular weight is 538 g/mol. The van der Waals surface area contributed by atoms with E-state index in [4.69, 9.17) is 9.72 Å². The largest absolute Gasteiger partial charge is 0.444 e. The molecule has 2 aliphatic rings. The molecule has 38 heavy (non-hydrogen) atoms. The van der Waals surface area contributed by atoms with Crippen molar-refractivity contribution in [2.45, 2.75) is 69.2 Å². The predicted octanol–water partition coefficient (Wildman–Crippen LogP) is 3.98. The number of hydrogen-bond donors (Lipinski definition) is 2. The third-order valence-electron chi connectivity index (χ3n) is 7.61. The lowest BCUT2D eigenvalue weighted by molar-refractivity contribution is 0.0521. The van der Waals surface area contributed by atoms with Crippen LogP contribution in [0.4, 0.5) is 4.79 Å². The van der Waals surface area contributed by atoms with Gasteiger partial charge in [0.1, 0.15) is 16.9 Å². The van der Waals surface area contributed by atoms with Crippen LogP contribution < -0.4 is 5.32 Å². The Morgan fingerprint density at radius 1 is 1.13 bits per heavy atom. The van der Waals surface area contributed by atoms with Gasteiger partial charge in [0.15, 0.2) is 5.65 Å². The summed E-state index contributed by atoms with van der Waals surface area (Å²) in [4.78, 5) is 21.9. The Bertz CT molecular complexity index is 1640. The maximum Gasteiger partial charge on any atom is 0.408 e. The first kappa shape index (κ1) is 24.9. The Morgan fingerprint density at radius 2 is 1.89 bits per heavy atom. The average Bonchev–Trinajstić information content (AvgIpc) is 3.62. The van der Waals surface area contributed by atoms with E-state index in [-0.39, 0.29) is 35.4 Å². The third-order valence-corrected chi connectivity index (χ3v) is 9.29. The number of pyridine rings is 1. The fourth-order valence-electron chi connectivity index (χ4n) is 6.07. The predicted molar refractivity (Wildman–Crippen MR) is 141 cm³/mol. The molecule has 11 heteroatoms. The van der Waals surface area contributed by atoms with Crippen LogP contribution in [0.2, 0.25) is 0 Å². The van der Waals surface area contributed by atoms with Crippen LogP contribution in [0.25, 0.3) is 22.1 Å². The number of nitrogens with one attached hydrogen (secondary N) is 1. The lowest BCUT2D eigenvalue weighted by Gasteiger charge is -2.28. The quantitative estimate of drug-likeness (QED) is 0.394. The summed E-state index contributed by atoms with van der Waals surface area (Å²) in [5, 5.41) is 13.9. The highest BCUT2D eigenvalue weighted by atomic mass is 32.2. The summed E-state index contributed by atoms with van der Waals surface area (Å²) in [6.07, 6.45) is 4.72. The molecule has 0 radical (unpaired) electrons. The monoisotopic (exact) mass is 537 g/mol. The summed E-state index contributed by atoms with van der Waals surface area (Å²) < 4.78 is 35.6. The summed E-state index contributed by atoms with van der Waals surface area (Å²) in [5.74, 6) is 1.13.